The third-order valence-corrected chi connectivity index (χ3v) is 7.44. The molecule has 0 aliphatic carbocycles. The number of benzene rings is 2. The highest BCUT2D eigenvalue weighted by atomic mass is 19.4. The fourth-order valence-electron chi connectivity index (χ4n) is 5.04. The molecule has 4 rings (SSSR count). The van der Waals surface area contributed by atoms with Gasteiger partial charge in [0, 0.05) is 23.4 Å². The van der Waals surface area contributed by atoms with Crippen LogP contribution >= 0.6 is 0 Å². The number of methoxy groups -OCH3 is 1. The second-order valence-corrected chi connectivity index (χ2v) is 10.6. The third-order valence-electron chi connectivity index (χ3n) is 7.44. The summed E-state index contributed by atoms with van der Waals surface area (Å²) in [6.07, 6.45) is -10.8. The summed E-state index contributed by atoms with van der Waals surface area (Å²) < 4.78 is 90.9. The average Bonchev–Trinajstić information content (AvgIpc) is 3.63. The van der Waals surface area contributed by atoms with Crippen molar-refractivity contribution in [3.8, 4) is 5.75 Å². The number of alkyl halides is 6. The van der Waals surface area contributed by atoms with Crippen LogP contribution in [0.15, 0.2) is 42.5 Å². The number of hydrogen-bond donors (Lipinski definition) is 4. The number of hydrogen-bond acceptors (Lipinski definition) is 7. The number of carbonyl (C=O) groups excluding carboxylic acids is 5. The van der Waals surface area contributed by atoms with E-state index in [2.05, 4.69) is 25.7 Å². The van der Waals surface area contributed by atoms with Crippen LogP contribution in [0, 0.1) is 5.92 Å². The van der Waals surface area contributed by atoms with E-state index in [0.717, 1.165) is 0 Å². The zero-order valence-corrected chi connectivity index (χ0v) is 24.7. The van der Waals surface area contributed by atoms with Gasteiger partial charge in [-0.05, 0) is 50.1 Å². The topological polar surface area (TPSA) is 156 Å². The second-order valence-electron chi connectivity index (χ2n) is 10.6. The van der Waals surface area contributed by atoms with Crippen LogP contribution in [0.3, 0.4) is 0 Å². The molecule has 1 aliphatic rings. The Balaban J connectivity index is 1.49. The molecule has 17 heteroatoms. The lowest BCUT2D eigenvalue weighted by molar-refractivity contribution is -0.144. The zero-order chi connectivity index (χ0) is 34.7. The van der Waals surface area contributed by atoms with Gasteiger partial charge in [0.05, 0.1) is 29.8 Å². The quantitative estimate of drug-likeness (QED) is 0.179. The summed E-state index contributed by atoms with van der Waals surface area (Å²) in [5.74, 6) is -5.59. The van der Waals surface area contributed by atoms with Gasteiger partial charge in [-0.25, -0.2) is 4.79 Å². The summed E-state index contributed by atoms with van der Waals surface area (Å²) in [6, 6.07) is 4.71. The highest BCUT2D eigenvalue weighted by Crippen LogP contribution is 2.39. The van der Waals surface area contributed by atoms with Crippen molar-refractivity contribution in [3.63, 3.8) is 0 Å². The first-order valence-electron chi connectivity index (χ1n) is 14.0. The Morgan fingerprint density at radius 1 is 0.979 bits per heavy atom. The molecule has 1 saturated heterocycles. The molecule has 0 radical (unpaired) electrons. The Morgan fingerprint density at radius 2 is 1.62 bits per heavy atom. The van der Waals surface area contributed by atoms with Gasteiger partial charge >= 0.3 is 18.3 Å². The van der Waals surface area contributed by atoms with Gasteiger partial charge in [-0.15, -0.1) is 0 Å². The molecular weight excluding hydrogens is 642 g/mol. The molecule has 0 spiro atoms. The molecule has 252 valence electrons. The fourth-order valence-corrected chi connectivity index (χ4v) is 5.04. The Hall–Kier alpha value is -5.09. The molecule has 11 nitrogen and oxygen atoms in total. The first-order valence-corrected chi connectivity index (χ1v) is 14.0. The Kier molecular flexibility index (Phi) is 10.2. The molecular formula is C30H28F6N4O7. The smallest absolute Gasteiger partial charge is 0.417 e. The summed E-state index contributed by atoms with van der Waals surface area (Å²) in [7, 11) is 1.45. The van der Waals surface area contributed by atoms with E-state index < -0.39 is 83.1 Å². The highest BCUT2D eigenvalue weighted by Gasteiger charge is 2.43. The number of fused-ring (bicyclic) bond motifs is 1. The summed E-state index contributed by atoms with van der Waals surface area (Å²) in [6.45, 7) is 0.204. The maximum atomic E-state index is 13.5. The van der Waals surface area contributed by atoms with Crippen LogP contribution < -0.4 is 20.7 Å². The Morgan fingerprint density at radius 3 is 2.19 bits per heavy atom. The first-order chi connectivity index (χ1) is 22.0. The Labute approximate surface area is 262 Å². The van der Waals surface area contributed by atoms with Gasteiger partial charge in [0.1, 0.15) is 17.5 Å². The average molecular weight is 671 g/mol. The van der Waals surface area contributed by atoms with Gasteiger partial charge in [-0.2, -0.15) is 26.3 Å². The van der Waals surface area contributed by atoms with Gasteiger partial charge in [0.2, 0.25) is 11.8 Å². The molecule has 1 fully saturated rings. The van der Waals surface area contributed by atoms with Crippen molar-refractivity contribution in [2.24, 2.45) is 5.92 Å². The maximum Gasteiger partial charge on any atom is 0.417 e. The number of nitrogens with one attached hydrogen (secondary N) is 4. The molecule has 1 aromatic heterocycles. The van der Waals surface area contributed by atoms with E-state index >= 15 is 0 Å². The van der Waals surface area contributed by atoms with Crippen LogP contribution in [0.4, 0.5) is 26.3 Å². The van der Waals surface area contributed by atoms with Crippen molar-refractivity contribution in [2.75, 3.05) is 20.3 Å². The number of amides is 3. The van der Waals surface area contributed by atoms with Gasteiger partial charge in [0.25, 0.3) is 5.91 Å². The number of Topliss-reactive ketones (excluding diaryl/α,β-unsaturated/α-hetero) is 1. The summed E-state index contributed by atoms with van der Waals surface area (Å²) in [5.41, 5.74) is -5.03. The van der Waals surface area contributed by atoms with Crippen LogP contribution in [0.25, 0.3) is 10.9 Å². The lowest BCUT2D eigenvalue weighted by atomic mass is 9.95. The van der Waals surface area contributed by atoms with Crippen molar-refractivity contribution in [1.82, 2.24) is 20.9 Å². The van der Waals surface area contributed by atoms with E-state index in [9.17, 15) is 50.3 Å². The fraction of sp³-hybridized carbons (Fsp3) is 0.367. The number of rotatable bonds is 11. The van der Waals surface area contributed by atoms with Gasteiger partial charge < -0.3 is 30.4 Å². The van der Waals surface area contributed by atoms with Crippen molar-refractivity contribution in [2.45, 2.75) is 44.2 Å². The Bertz CT molecular complexity index is 1670. The number of ketones is 1. The minimum Gasteiger partial charge on any atom is -0.496 e. The molecule has 0 saturated carbocycles. The zero-order valence-electron chi connectivity index (χ0n) is 24.7. The number of carbonyl (C=O) groups is 5. The van der Waals surface area contributed by atoms with E-state index in [1.54, 1.807) is 18.2 Å². The number of ether oxygens (including phenoxy) is 2. The standard InChI is InChI=1S/C30H28F6N4O7/c1-14(38-27(44)21-12-16-19(39-21)7-4-8-23(16)46-2)25(42)40-20(11-15-9-10-37-26(15)43)22(41)13-47-28(45)24-17(29(31,32)33)5-3-6-18(24)30(34,35)36/h3-8,12,14-15,20,39H,9-11,13H2,1-2H3,(H,37,43)(H,38,44)(H,40,42)/t14-,15-,20-/m0/s1. The van der Waals surface area contributed by atoms with Gasteiger partial charge in [-0.1, -0.05) is 12.1 Å². The van der Waals surface area contributed by atoms with Crippen LogP contribution in [-0.4, -0.2) is 66.8 Å². The largest absolute Gasteiger partial charge is 0.496 e. The highest BCUT2D eigenvalue weighted by molar-refractivity contribution is 6.02. The normalized spacial score (nSPS) is 16.3. The van der Waals surface area contributed by atoms with Crippen LogP contribution in [-0.2, 0) is 31.5 Å². The molecule has 2 heterocycles. The molecule has 3 atom stereocenters. The lowest BCUT2D eigenvalue weighted by Gasteiger charge is -2.23. The van der Waals surface area contributed by atoms with E-state index in [0.29, 0.717) is 22.7 Å². The number of esters is 1. The predicted octanol–water partition coefficient (Wildman–Crippen LogP) is 3.77. The summed E-state index contributed by atoms with van der Waals surface area (Å²) in [4.78, 5) is 66.7. The molecule has 3 amide bonds. The lowest BCUT2D eigenvalue weighted by Crippen LogP contribution is -2.51. The van der Waals surface area contributed by atoms with Gasteiger partial charge in [-0.3, -0.25) is 19.2 Å². The van der Waals surface area contributed by atoms with E-state index in [-0.39, 0.29) is 37.2 Å². The van der Waals surface area contributed by atoms with Crippen molar-refractivity contribution in [3.05, 3.63) is 64.8 Å². The van der Waals surface area contributed by atoms with Crippen molar-refractivity contribution >= 4 is 40.4 Å². The van der Waals surface area contributed by atoms with Crippen LogP contribution in [0.5, 0.6) is 5.75 Å². The van der Waals surface area contributed by atoms with E-state index in [4.69, 9.17) is 4.74 Å². The SMILES string of the molecule is COc1cccc2[nH]c(C(=O)N[C@@H](C)C(=O)N[C@@H](C[C@@H]3CCNC3=O)C(=O)COC(=O)c3c(C(F)(F)F)cccc3C(F)(F)F)cc12. The van der Waals surface area contributed by atoms with Crippen molar-refractivity contribution in [1.29, 1.82) is 0 Å². The summed E-state index contributed by atoms with van der Waals surface area (Å²) in [5, 5.41) is 7.90. The number of aromatic amines is 1. The molecule has 2 aromatic carbocycles. The van der Waals surface area contributed by atoms with Crippen LogP contribution in [0.1, 0.15) is 51.7 Å². The molecule has 0 unspecified atom stereocenters. The van der Waals surface area contributed by atoms with Gasteiger partial charge in [0.15, 0.2) is 12.4 Å². The van der Waals surface area contributed by atoms with E-state index in [1.165, 1.54) is 20.1 Å². The summed E-state index contributed by atoms with van der Waals surface area (Å²) >= 11 is 0. The predicted molar refractivity (Wildman–Crippen MR) is 151 cm³/mol. The molecule has 0 bridgehead atoms. The number of H-pyrrole nitrogens is 1. The van der Waals surface area contributed by atoms with Crippen molar-refractivity contribution < 1.29 is 59.8 Å². The second kappa shape index (κ2) is 13.7. The maximum absolute atomic E-state index is 13.5. The molecule has 3 aromatic rings. The minimum absolute atomic E-state index is 0.0729. The monoisotopic (exact) mass is 670 g/mol. The number of halogens is 6. The molecule has 1 aliphatic heterocycles. The first kappa shape index (κ1) is 34.8. The van der Waals surface area contributed by atoms with E-state index in [1.807, 2.05) is 0 Å². The molecule has 47 heavy (non-hydrogen) atoms. The molecule has 4 N–H and O–H groups in total. The number of aromatic nitrogens is 1. The van der Waals surface area contributed by atoms with Crippen LogP contribution in [0.2, 0.25) is 0 Å². The third kappa shape index (κ3) is 8.01. The minimum atomic E-state index is -5.37.